The summed E-state index contributed by atoms with van der Waals surface area (Å²) in [4.78, 5) is 6.70. The third-order valence-corrected chi connectivity index (χ3v) is 3.43. The number of halogens is 1. The van der Waals surface area contributed by atoms with Gasteiger partial charge in [-0.25, -0.2) is 4.98 Å². The SMILES string of the molecule is CCC1CN(c2ncc(CNC)cc2Cl)CCO1. The lowest BCUT2D eigenvalue weighted by atomic mass is 10.2. The van der Waals surface area contributed by atoms with E-state index in [0.29, 0.717) is 0 Å². The Bertz CT molecular complexity index is 400. The molecule has 1 fully saturated rings. The average molecular weight is 270 g/mol. The Morgan fingerprint density at radius 2 is 2.44 bits per heavy atom. The van der Waals surface area contributed by atoms with Crippen LogP contribution in [0.3, 0.4) is 0 Å². The van der Waals surface area contributed by atoms with Crippen LogP contribution in [0.5, 0.6) is 0 Å². The fraction of sp³-hybridized carbons (Fsp3) is 0.615. The van der Waals surface area contributed by atoms with Crippen molar-refractivity contribution < 1.29 is 4.74 Å². The predicted molar refractivity (Wildman–Crippen MR) is 74.3 cm³/mol. The van der Waals surface area contributed by atoms with Gasteiger partial charge in [0.15, 0.2) is 0 Å². The molecule has 0 saturated carbocycles. The van der Waals surface area contributed by atoms with E-state index in [1.54, 1.807) is 0 Å². The van der Waals surface area contributed by atoms with E-state index in [4.69, 9.17) is 16.3 Å². The number of ether oxygens (including phenoxy) is 1. The first-order valence-corrected chi connectivity index (χ1v) is 6.78. The largest absolute Gasteiger partial charge is 0.375 e. The van der Waals surface area contributed by atoms with E-state index in [1.165, 1.54) is 0 Å². The Hall–Kier alpha value is -0.840. The van der Waals surface area contributed by atoms with Crippen LogP contribution in [-0.2, 0) is 11.3 Å². The zero-order valence-corrected chi connectivity index (χ0v) is 11.7. The van der Waals surface area contributed by atoms with Gasteiger partial charge in [-0.2, -0.15) is 0 Å². The molecule has 18 heavy (non-hydrogen) atoms. The summed E-state index contributed by atoms with van der Waals surface area (Å²) in [6, 6.07) is 1.98. The van der Waals surface area contributed by atoms with Crippen LogP contribution in [-0.4, -0.2) is 37.8 Å². The van der Waals surface area contributed by atoms with E-state index in [0.717, 1.165) is 49.1 Å². The van der Waals surface area contributed by atoms with Crippen LogP contribution in [0.15, 0.2) is 12.3 Å². The maximum atomic E-state index is 6.32. The van der Waals surface area contributed by atoms with Gasteiger partial charge in [0.2, 0.25) is 0 Å². The number of hydrogen-bond donors (Lipinski definition) is 1. The van der Waals surface area contributed by atoms with Crippen molar-refractivity contribution in [2.45, 2.75) is 26.0 Å². The summed E-state index contributed by atoms with van der Waals surface area (Å²) >= 11 is 6.32. The van der Waals surface area contributed by atoms with E-state index in [-0.39, 0.29) is 6.10 Å². The van der Waals surface area contributed by atoms with Crippen LogP contribution in [0.2, 0.25) is 5.02 Å². The van der Waals surface area contributed by atoms with E-state index in [1.807, 2.05) is 19.3 Å². The summed E-state index contributed by atoms with van der Waals surface area (Å²) in [5.41, 5.74) is 1.10. The molecular weight excluding hydrogens is 250 g/mol. The van der Waals surface area contributed by atoms with Gasteiger partial charge >= 0.3 is 0 Å². The molecule has 2 heterocycles. The van der Waals surface area contributed by atoms with Crippen molar-refractivity contribution in [1.29, 1.82) is 0 Å². The van der Waals surface area contributed by atoms with Crippen LogP contribution < -0.4 is 10.2 Å². The third-order valence-electron chi connectivity index (χ3n) is 3.15. The second-order valence-electron chi connectivity index (χ2n) is 4.53. The molecule has 0 bridgehead atoms. The number of nitrogens with one attached hydrogen (secondary N) is 1. The summed E-state index contributed by atoms with van der Waals surface area (Å²) < 4.78 is 5.66. The van der Waals surface area contributed by atoms with E-state index >= 15 is 0 Å². The first kappa shape index (κ1) is 13.6. The average Bonchev–Trinajstić information content (AvgIpc) is 2.39. The van der Waals surface area contributed by atoms with Crippen LogP contribution in [0.4, 0.5) is 5.82 Å². The van der Waals surface area contributed by atoms with Gasteiger partial charge in [-0.15, -0.1) is 0 Å². The van der Waals surface area contributed by atoms with Gasteiger partial charge in [-0.1, -0.05) is 18.5 Å². The van der Waals surface area contributed by atoms with Crippen LogP contribution in [0.25, 0.3) is 0 Å². The number of aromatic nitrogens is 1. The molecule has 1 aromatic rings. The summed E-state index contributed by atoms with van der Waals surface area (Å²) in [7, 11) is 1.91. The molecule has 0 spiro atoms. The lowest BCUT2D eigenvalue weighted by Crippen LogP contribution is -2.42. The lowest BCUT2D eigenvalue weighted by molar-refractivity contribution is 0.0382. The second-order valence-corrected chi connectivity index (χ2v) is 4.93. The van der Waals surface area contributed by atoms with Crippen molar-refractivity contribution >= 4 is 17.4 Å². The Labute approximate surface area is 113 Å². The summed E-state index contributed by atoms with van der Waals surface area (Å²) in [6.07, 6.45) is 3.19. The highest BCUT2D eigenvalue weighted by atomic mass is 35.5. The first-order valence-electron chi connectivity index (χ1n) is 6.40. The molecule has 1 aliphatic heterocycles. The third kappa shape index (κ3) is 3.13. The second kappa shape index (κ2) is 6.36. The molecule has 0 aliphatic carbocycles. The van der Waals surface area contributed by atoms with Crippen molar-refractivity contribution in [1.82, 2.24) is 10.3 Å². The standard InChI is InChI=1S/C13H20ClN3O/c1-3-11-9-17(4-5-18-11)13-12(14)6-10(7-15-2)8-16-13/h6,8,11,15H,3-5,7,9H2,1-2H3. The van der Waals surface area contributed by atoms with Crippen molar-refractivity contribution in [2.24, 2.45) is 0 Å². The molecule has 100 valence electrons. The summed E-state index contributed by atoms with van der Waals surface area (Å²) in [5.74, 6) is 0.873. The maximum Gasteiger partial charge on any atom is 0.147 e. The molecule has 0 aromatic carbocycles. The Kier molecular flexibility index (Phi) is 4.80. The fourth-order valence-electron chi connectivity index (χ4n) is 2.16. The Morgan fingerprint density at radius 1 is 1.61 bits per heavy atom. The lowest BCUT2D eigenvalue weighted by Gasteiger charge is -2.33. The first-order chi connectivity index (χ1) is 8.74. The molecule has 0 radical (unpaired) electrons. The summed E-state index contributed by atoms with van der Waals surface area (Å²) in [5, 5.41) is 3.82. The zero-order chi connectivity index (χ0) is 13.0. The molecule has 1 unspecified atom stereocenters. The molecule has 1 atom stereocenters. The van der Waals surface area contributed by atoms with E-state index in [2.05, 4.69) is 22.1 Å². The molecule has 1 N–H and O–H groups in total. The van der Waals surface area contributed by atoms with Crippen LogP contribution in [0, 0.1) is 0 Å². The van der Waals surface area contributed by atoms with E-state index in [9.17, 15) is 0 Å². The molecule has 1 aromatic heterocycles. The molecule has 0 amide bonds. The normalized spacial score (nSPS) is 20.2. The minimum absolute atomic E-state index is 0.286. The van der Waals surface area contributed by atoms with Gasteiger partial charge in [-0.05, 0) is 25.1 Å². The van der Waals surface area contributed by atoms with Crippen molar-refractivity contribution in [3.8, 4) is 0 Å². The highest BCUT2D eigenvalue weighted by molar-refractivity contribution is 6.33. The fourth-order valence-corrected chi connectivity index (χ4v) is 2.47. The topological polar surface area (TPSA) is 37.4 Å². The molecule has 1 saturated heterocycles. The minimum atomic E-state index is 0.286. The van der Waals surface area contributed by atoms with Crippen LogP contribution >= 0.6 is 11.6 Å². The Morgan fingerprint density at radius 3 is 3.11 bits per heavy atom. The Balaban J connectivity index is 2.12. The van der Waals surface area contributed by atoms with Gasteiger partial charge in [0.25, 0.3) is 0 Å². The number of nitrogens with zero attached hydrogens (tertiary/aromatic N) is 2. The van der Waals surface area contributed by atoms with Gasteiger partial charge in [-0.3, -0.25) is 0 Å². The zero-order valence-electron chi connectivity index (χ0n) is 10.9. The van der Waals surface area contributed by atoms with Gasteiger partial charge in [0.1, 0.15) is 5.82 Å². The van der Waals surface area contributed by atoms with Crippen molar-refractivity contribution in [3.05, 3.63) is 22.8 Å². The number of anilines is 1. The maximum absolute atomic E-state index is 6.32. The molecule has 2 rings (SSSR count). The minimum Gasteiger partial charge on any atom is -0.375 e. The molecule has 5 heteroatoms. The smallest absolute Gasteiger partial charge is 0.147 e. The monoisotopic (exact) mass is 269 g/mol. The van der Waals surface area contributed by atoms with Gasteiger partial charge < -0.3 is 15.0 Å². The molecule has 1 aliphatic rings. The molecule has 4 nitrogen and oxygen atoms in total. The van der Waals surface area contributed by atoms with Gasteiger partial charge in [0.05, 0.1) is 17.7 Å². The van der Waals surface area contributed by atoms with Crippen molar-refractivity contribution in [3.63, 3.8) is 0 Å². The highest BCUT2D eigenvalue weighted by Crippen LogP contribution is 2.26. The number of hydrogen-bond acceptors (Lipinski definition) is 4. The van der Waals surface area contributed by atoms with Crippen LogP contribution in [0.1, 0.15) is 18.9 Å². The predicted octanol–water partition coefficient (Wildman–Crippen LogP) is 2.07. The number of pyridine rings is 1. The quantitative estimate of drug-likeness (QED) is 0.908. The number of morpholine rings is 1. The van der Waals surface area contributed by atoms with E-state index < -0.39 is 0 Å². The number of rotatable bonds is 4. The molecular formula is C13H20ClN3O. The van der Waals surface area contributed by atoms with Gasteiger partial charge in [0, 0.05) is 25.8 Å². The highest BCUT2D eigenvalue weighted by Gasteiger charge is 2.21. The van der Waals surface area contributed by atoms with Crippen molar-refractivity contribution in [2.75, 3.05) is 31.6 Å². The summed E-state index contributed by atoms with van der Waals surface area (Å²) in [6.45, 7) is 5.39.